The maximum atomic E-state index is 4.80. The molecule has 0 aliphatic heterocycles. The molecule has 0 bridgehead atoms. The number of hydrogen-bond acceptors (Lipinski definition) is 4. The predicted molar refractivity (Wildman–Crippen MR) is 163 cm³/mol. The molecule has 0 saturated heterocycles. The molecule has 0 saturated carbocycles. The fraction of sp³-hybridized carbons (Fsp3) is 0. The molecule has 40 heavy (non-hydrogen) atoms. The van der Waals surface area contributed by atoms with Gasteiger partial charge in [-0.3, -0.25) is 19.9 Å². The van der Waals surface area contributed by atoms with Crippen LogP contribution in [0.4, 0.5) is 0 Å². The summed E-state index contributed by atoms with van der Waals surface area (Å²) in [6.45, 7) is 0. The van der Waals surface area contributed by atoms with Crippen molar-refractivity contribution in [2.24, 2.45) is 0 Å². The summed E-state index contributed by atoms with van der Waals surface area (Å²) in [5.41, 5.74) is 7.87. The Morgan fingerprint density at radius 2 is 0.900 bits per heavy atom. The largest absolute Gasteiger partial charge is 0.255 e. The Labute approximate surface area is 231 Å². The minimum Gasteiger partial charge on any atom is -0.255 e. The number of benzene rings is 4. The Morgan fingerprint density at radius 1 is 0.375 bits per heavy atom. The lowest BCUT2D eigenvalue weighted by Crippen LogP contribution is -1.93. The molecule has 0 unspecified atom stereocenters. The molecule has 0 aliphatic carbocycles. The van der Waals surface area contributed by atoms with E-state index in [2.05, 4.69) is 82.8 Å². The van der Waals surface area contributed by atoms with Crippen LogP contribution in [0, 0.1) is 0 Å². The normalized spacial score (nSPS) is 11.5. The lowest BCUT2D eigenvalue weighted by atomic mass is 9.86. The highest BCUT2D eigenvalue weighted by Crippen LogP contribution is 2.44. The van der Waals surface area contributed by atoms with E-state index in [0.29, 0.717) is 0 Å². The minimum absolute atomic E-state index is 0.858. The van der Waals surface area contributed by atoms with Crippen LogP contribution in [-0.4, -0.2) is 19.9 Å². The molecule has 4 heteroatoms. The number of aromatic nitrogens is 4. The molecule has 4 heterocycles. The van der Waals surface area contributed by atoms with E-state index in [1.165, 1.54) is 32.3 Å². The van der Waals surface area contributed by atoms with Crippen LogP contribution in [0.25, 0.3) is 77.3 Å². The van der Waals surface area contributed by atoms with Crippen molar-refractivity contribution in [3.8, 4) is 45.0 Å². The molecule has 0 spiro atoms. The highest BCUT2D eigenvalue weighted by Gasteiger charge is 2.17. The van der Waals surface area contributed by atoms with Gasteiger partial charge in [-0.15, -0.1) is 0 Å². The van der Waals surface area contributed by atoms with Crippen molar-refractivity contribution in [2.75, 3.05) is 0 Å². The van der Waals surface area contributed by atoms with Crippen LogP contribution in [-0.2, 0) is 0 Å². The van der Waals surface area contributed by atoms with Crippen molar-refractivity contribution < 1.29 is 0 Å². The summed E-state index contributed by atoms with van der Waals surface area (Å²) in [6.07, 6.45) is 7.52. The third-order valence-corrected chi connectivity index (χ3v) is 7.65. The summed E-state index contributed by atoms with van der Waals surface area (Å²) in [4.78, 5) is 18.5. The zero-order valence-corrected chi connectivity index (χ0v) is 21.5. The van der Waals surface area contributed by atoms with Crippen molar-refractivity contribution in [1.82, 2.24) is 19.9 Å². The van der Waals surface area contributed by atoms with E-state index in [4.69, 9.17) is 9.97 Å². The third-order valence-electron chi connectivity index (χ3n) is 7.65. The van der Waals surface area contributed by atoms with Gasteiger partial charge in [-0.2, -0.15) is 0 Å². The second-order valence-electron chi connectivity index (χ2n) is 9.95. The zero-order valence-electron chi connectivity index (χ0n) is 21.5. The van der Waals surface area contributed by atoms with Crippen LogP contribution in [0.2, 0.25) is 0 Å². The highest BCUT2D eigenvalue weighted by molar-refractivity contribution is 6.28. The molecule has 0 radical (unpaired) electrons. The van der Waals surface area contributed by atoms with E-state index in [0.717, 1.165) is 45.0 Å². The van der Waals surface area contributed by atoms with Crippen LogP contribution in [0.5, 0.6) is 0 Å². The fourth-order valence-electron chi connectivity index (χ4n) is 5.75. The van der Waals surface area contributed by atoms with Gasteiger partial charge < -0.3 is 0 Å². The molecule has 0 aliphatic rings. The van der Waals surface area contributed by atoms with E-state index in [-0.39, 0.29) is 0 Å². The smallest absolute Gasteiger partial charge is 0.0886 e. The Balaban J connectivity index is 1.36. The lowest BCUT2D eigenvalue weighted by molar-refractivity contribution is 1.25. The predicted octanol–water partition coefficient (Wildman–Crippen LogP) is 8.83. The van der Waals surface area contributed by atoms with E-state index < -0.39 is 0 Å². The van der Waals surface area contributed by atoms with Crippen molar-refractivity contribution in [3.05, 3.63) is 134 Å². The number of pyridine rings is 4. The van der Waals surface area contributed by atoms with E-state index in [9.17, 15) is 0 Å². The van der Waals surface area contributed by atoms with Gasteiger partial charge in [0.25, 0.3) is 0 Å². The van der Waals surface area contributed by atoms with Crippen molar-refractivity contribution in [1.29, 1.82) is 0 Å². The quantitative estimate of drug-likeness (QED) is 0.222. The third kappa shape index (κ3) is 3.62. The van der Waals surface area contributed by atoms with Crippen LogP contribution in [0.1, 0.15) is 0 Å². The van der Waals surface area contributed by atoms with E-state index in [1.54, 1.807) is 12.4 Å². The van der Waals surface area contributed by atoms with Crippen LogP contribution >= 0.6 is 0 Å². The monoisotopic (exact) mass is 510 g/mol. The topological polar surface area (TPSA) is 51.6 Å². The standard InChI is InChI=1S/C36H22N4/c1-3-18-37-31(8-1)33-16-12-25(21-39-33)29-20-30(26-13-17-34(40-22-26)32-9-2-4-19-38-32)28-15-11-24-7-5-6-23-10-14-27(29)36(28)35(23)24/h1-22H. The fourth-order valence-corrected chi connectivity index (χ4v) is 5.75. The van der Waals surface area contributed by atoms with Crippen molar-refractivity contribution in [2.45, 2.75) is 0 Å². The van der Waals surface area contributed by atoms with Gasteiger partial charge in [-0.25, -0.2) is 0 Å². The Hall–Kier alpha value is -5.48. The van der Waals surface area contributed by atoms with Crippen LogP contribution in [0.3, 0.4) is 0 Å². The van der Waals surface area contributed by atoms with E-state index >= 15 is 0 Å². The second kappa shape index (κ2) is 9.07. The molecule has 0 fully saturated rings. The van der Waals surface area contributed by atoms with Crippen molar-refractivity contribution in [3.63, 3.8) is 0 Å². The number of hydrogen-bond donors (Lipinski definition) is 0. The first kappa shape index (κ1) is 22.5. The van der Waals surface area contributed by atoms with Gasteiger partial charge in [0, 0.05) is 35.9 Å². The van der Waals surface area contributed by atoms with Gasteiger partial charge in [-0.05, 0) is 85.9 Å². The van der Waals surface area contributed by atoms with Gasteiger partial charge in [0.2, 0.25) is 0 Å². The van der Waals surface area contributed by atoms with Crippen molar-refractivity contribution >= 4 is 32.3 Å². The summed E-state index contributed by atoms with van der Waals surface area (Å²) in [6, 6.07) is 37.9. The molecule has 0 N–H and O–H groups in total. The van der Waals surface area contributed by atoms with Gasteiger partial charge >= 0.3 is 0 Å². The SMILES string of the molecule is c1ccc(-c2ccc(-c3cc(-c4ccc(-c5ccccn5)nc4)c4ccc5cccc6ccc3c4c65)cn2)nc1. The van der Waals surface area contributed by atoms with Gasteiger partial charge in [0.05, 0.1) is 22.8 Å². The molecule has 4 aromatic heterocycles. The Kier molecular flexibility index (Phi) is 5.10. The van der Waals surface area contributed by atoms with Gasteiger partial charge in [0.1, 0.15) is 0 Å². The average Bonchev–Trinajstić information content (AvgIpc) is 3.04. The molecule has 0 atom stereocenters. The molecule has 186 valence electrons. The molecule has 4 aromatic carbocycles. The molecule has 8 aromatic rings. The first-order valence-corrected chi connectivity index (χ1v) is 13.3. The molecule has 8 rings (SSSR count). The van der Waals surface area contributed by atoms with Gasteiger partial charge in [0.15, 0.2) is 0 Å². The summed E-state index contributed by atoms with van der Waals surface area (Å²) in [7, 11) is 0. The summed E-state index contributed by atoms with van der Waals surface area (Å²) in [5, 5.41) is 7.47. The average molecular weight is 511 g/mol. The summed E-state index contributed by atoms with van der Waals surface area (Å²) in [5.74, 6) is 0. The van der Waals surface area contributed by atoms with Gasteiger partial charge in [-0.1, -0.05) is 66.7 Å². The van der Waals surface area contributed by atoms with Crippen LogP contribution in [0.15, 0.2) is 134 Å². The number of rotatable bonds is 4. The molecular formula is C36H22N4. The van der Waals surface area contributed by atoms with Crippen LogP contribution < -0.4 is 0 Å². The minimum atomic E-state index is 0.858. The first-order chi connectivity index (χ1) is 19.8. The highest BCUT2D eigenvalue weighted by atomic mass is 14.8. The first-order valence-electron chi connectivity index (χ1n) is 13.3. The summed E-state index contributed by atoms with van der Waals surface area (Å²) >= 11 is 0. The van der Waals surface area contributed by atoms with E-state index in [1.807, 2.05) is 48.8 Å². The molecule has 4 nitrogen and oxygen atoms in total. The molecule has 0 amide bonds. The Bertz CT molecular complexity index is 1970. The zero-order chi connectivity index (χ0) is 26.5. The lowest BCUT2D eigenvalue weighted by Gasteiger charge is -2.18. The number of nitrogens with zero attached hydrogens (tertiary/aromatic N) is 4. The maximum Gasteiger partial charge on any atom is 0.0886 e. The maximum absolute atomic E-state index is 4.80. The second-order valence-corrected chi connectivity index (χ2v) is 9.95. The Morgan fingerprint density at radius 3 is 1.35 bits per heavy atom. The molecular weight excluding hydrogens is 488 g/mol. The summed E-state index contributed by atoms with van der Waals surface area (Å²) < 4.78 is 0.